The van der Waals surface area contributed by atoms with Crippen LogP contribution in [0.5, 0.6) is 0 Å². The molecule has 3 fully saturated rings. The maximum atomic E-state index is 12.9. The lowest BCUT2D eigenvalue weighted by Crippen LogP contribution is -2.40. The number of imide groups is 1. The van der Waals surface area contributed by atoms with Crippen molar-refractivity contribution >= 4 is 29.1 Å². The van der Waals surface area contributed by atoms with Gasteiger partial charge in [0, 0.05) is 10.7 Å². The number of nitrogens with zero attached hydrogens (tertiary/aromatic N) is 1. The standard InChI is InChI=1S/C19H19ClN2O2/c1-9-2-3-10(6-15(9)20)21-8-22-18(23)16-11-4-5-12(14-7-13(11)14)17(16)19(22)24/h2-6,11-14,16-17,21H,7-8H2,1H3/t11-,12-,13-,14+,16+,17-/m1/s1. The second kappa shape index (κ2) is 4.85. The van der Waals surface area contributed by atoms with Gasteiger partial charge >= 0.3 is 0 Å². The largest absolute Gasteiger partial charge is 0.367 e. The molecule has 4 nitrogen and oxygen atoms in total. The van der Waals surface area contributed by atoms with Crippen LogP contribution in [0.4, 0.5) is 5.69 Å². The van der Waals surface area contributed by atoms with Crippen LogP contribution in [0, 0.1) is 42.4 Å². The Kier molecular flexibility index (Phi) is 2.94. The molecule has 4 aliphatic carbocycles. The van der Waals surface area contributed by atoms with Gasteiger partial charge in [-0.3, -0.25) is 14.5 Å². The van der Waals surface area contributed by atoms with Gasteiger partial charge in [0.1, 0.15) is 0 Å². The number of aryl methyl sites for hydroxylation is 1. The monoisotopic (exact) mass is 342 g/mol. The molecule has 6 rings (SSSR count). The number of hydrogen-bond donors (Lipinski definition) is 1. The number of carbonyl (C=O) groups is 2. The second-order valence-electron chi connectivity index (χ2n) is 7.56. The molecule has 1 saturated heterocycles. The predicted octanol–water partition coefficient (Wildman–Crippen LogP) is 3.07. The molecule has 0 radical (unpaired) electrons. The highest BCUT2D eigenvalue weighted by molar-refractivity contribution is 6.31. The zero-order valence-corrected chi connectivity index (χ0v) is 14.2. The summed E-state index contributed by atoms with van der Waals surface area (Å²) in [6.45, 7) is 2.16. The molecule has 1 aliphatic heterocycles. The molecule has 5 heteroatoms. The van der Waals surface area contributed by atoms with Gasteiger partial charge in [0.2, 0.25) is 11.8 Å². The molecule has 5 aliphatic rings. The number of rotatable bonds is 3. The predicted molar refractivity (Wildman–Crippen MR) is 91.2 cm³/mol. The summed E-state index contributed by atoms with van der Waals surface area (Å²) in [7, 11) is 0. The Hall–Kier alpha value is -1.81. The van der Waals surface area contributed by atoms with Crippen molar-refractivity contribution < 1.29 is 9.59 Å². The van der Waals surface area contributed by atoms with E-state index in [1.165, 1.54) is 11.3 Å². The number of likely N-dealkylation sites (tertiary alicyclic amines) is 1. The Balaban J connectivity index is 1.36. The molecule has 0 unspecified atom stereocenters. The van der Waals surface area contributed by atoms with Crippen LogP contribution in [0.1, 0.15) is 12.0 Å². The second-order valence-corrected chi connectivity index (χ2v) is 7.97. The quantitative estimate of drug-likeness (QED) is 0.678. The van der Waals surface area contributed by atoms with Gasteiger partial charge in [0.25, 0.3) is 0 Å². The summed E-state index contributed by atoms with van der Waals surface area (Å²) in [5, 5.41) is 3.85. The number of allylic oxidation sites excluding steroid dienone is 2. The number of benzene rings is 1. The molecule has 1 heterocycles. The zero-order valence-electron chi connectivity index (χ0n) is 13.4. The lowest BCUT2D eigenvalue weighted by molar-refractivity contribution is -0.139. The van der Waals surface area contributed by atoms with E-state index >= 15 is 0 Å². The van der Waals surface area contributed by atoms with Gasteiger partial charge in [-0.15, -0.1) is 0 Å². The van der Waals surface area contributed by atoms with E-state index in [-0.39, 0.29) is 42.2 Å². The number of halogens is 1. The van der Waals surface area contributed by atoms with E-state index in [0.29, 0.717) is 16.9 Å². The summed E-state index contributed by atoms with van der Waals surface area (Å²) < 4.78 is 0. The van der Waals surface area contributed by atoms with Crippen molar-refractivity contribution in [3.05, 3.63) is 40.9 Å². The third kappa shape index (κ3) is 1.86. The fraction of sp³-hybridized carbons (Fsp3) is 0.474. The molecule has 1 aromatic rings. The highest BCUT2D eigenvalue weighted by Gasteiger charge is 2.66. The van der Waals surface area contributed by atoms with Gasteiger partial charge < -0.3 is 5.32 Å². The van der Waals surface area contributed by atoms with Crippen molar-refractivity contribution in [2.24, 2.45) is 35.5 Å². The Bertz CT molecular complexity index is 754. The van der Waals surface area contributed by atoms with Crippen LogP contribution in [0.2, 0.25) is 5.02 Å². The topological polar surface area (TPSA) is 49.4 Å². The lowest BCUT2D eigenvalue weighted by Gasteiger charge is -2.37. The fourth-order valence-corrected chi connectivity index (χ4v) is 5.23. The number of amides is 2. The van der Waals surface area contributed by atoms with Crippen LogP contribution < -0.4 is 5.32 Å². The minimum Gasteiger partial charge on any atom is -0.367 e. The maximum absolute atomic E-state index is 12.9. The fourth-order valence-electron chi connectivity index (χ4n) is 5.05. The summed E-state index contributed by atoms with van der Waals surface area (Å²) in [6.07, 6.45) is 5.58. The molecule has 1 N–H and O–H groups in total. The summed E-state index contributed by atoms with van der Waals surface area (Å²) in [5.74, 6) is 1.59. The molecule has 2 amide bonds. The van der Waals surface area contributed by atoms with Crippen LogP contribution in [-0.4, -0.2) is 23.4 Å². The van der Waals surface area contributed by atoms with E-state index in [9.17, 15) is 9.59 Å². The molecule has 2 saturated carbocycles. The van der Waals surface area contributed by atoms with Gasteiger partial charge in [-0.1, -0.05) is 29.8 Å². The van der Waals surface area contributed by atoms with Crippen LogP contribution in [0.15, 0.2) is 30.4 Å². The molecule has 6 atom stereocenters. The van der Waals surface area contributed by atoms with Gasteiger partial charge in [-0.05, 0) is 54.7 Å². The molecule has 2 bridgehead atoms. The Morgan fingerprint density at radius 1 is 1.12 bits per heavy atom. The summed E-state index contributed by atoms with van der Waals surface area (Å²) in [5.41, 5.74) is 1.83. The number of anilines is 1. The lowest BCUT2D eigenvalue weighted by atomic mass is 9.63. The van der Waals surface area contributed by atoms with E-state index in [0.717, 1.165) is 11.3 Å². The Labute approximate surface area is 145 Å². The number of hydrogen-bond acceptors (Lipinski definition) is 3. The Morgan fingerprint density at radius 2 is 1.75 bits per heavy atom. The van der Waals surface area contributed by atoms with Crippen molar-refractivity contribution in [3.8, 4) is 0 Å². The third-order valence-electron chi connectivity index (χ3n) is 6.37. The Morgan fingerprint density at radius 3 is 2.33 bits per heavy atom. The van der Waals surface area contributed by atoms with Crippen LogP contribution >= 0.6 is 11.6 Å². The molecule has 0 spiro atoms. The molecule has 0 aromatic heterocycles. The molecule has 24 heavy (non-hydrogen) atoms. The van der Waals surface area contributed by atoms with Gasteiger partial charge in [-0.2, -0.15) is 0 Å². The first kappa shape index (κ1) is 14.5. The van der Waals surface area contributed by atoms with E-state index in [4.69, 9.17) is 11.6 Å². The van der Waals surface area contributed by atoms with Crippen molar-refractivity contribution in [1.29, 1.82) is 0 Å². The van der Waals surface area contributed by atoms with Gasteiger partial charge in [0.15, 0.2) is 0 Å². The van der Waals surface area contributed by atoms with Gasteiger partial charge in [0.05, 0.1) is 18.5 Å². The number of nitrogens with one attached hydrogen (secondary N) is 1. The first-order valence-corrected chi connectivity index (χ1v) is 8.97. The zero-order chi connectivity index (χ0) is 16.6. The van der Waals surface area contributed by atoms with Crippen molar-refractivity contribution in [3.63, 3.8) is 0 Å². The molecular weight excluding hydrogens is 324 g/mol. The summed E-state index contributed by atoms with van der Waals surface area (Å²) >= 11 is 6.14. The van der Waals surface area contributed by atoms with E-state index in [1.54, 1.807) is 0 Å². The highest BCUT2D eigenvalue weighted by atomic mass is 35.5. The van der Waals surface area contributed by atoms with E-state index < -0.39 is 0 Å². The van der Waals surface area contributed by atoms with Crippen LogP contribution in [-0.2, 0) is 9.59 Å². The first-order valence-electron chi connectivity index (χ1n) is 8.60. The van der Waals surface area contributed by atoms with E-state index in [1.807, 2.05) is 25.1 Å². The van der Waals surface area contributed by atoms with Gasteiger partial charge in [-0.25, -0.2) is 0 Å². The summed E-state index contributed by atoms with van der Waals surface area (Å²) in [4.78, 5) is 27.1. The molecular formula is C19H19ClN2O2. The third-order valence-corrected chi connectivity index (χ3v) is 6.77. The van der Waals surface area contributed by atoms with Crippen LogP contribution in [0.3, 0.4) is 0 Å². The average Bonchev–Trinajstić information content (AvgIpc) is 3.35. The average molecular weight is 343 g/mol. The highest BCUT2D eigenvalue weighted by Crippen LogP contribution is 2.65. The minimum atomic E-state index is -0.125. The van der Waals surface area contributed by atoms with Crippen molar-refractivity contribution in [2.45, 2.75) is 13.3 Å². The SMILES string of the molecule is Cc1ccc(NCN2C(=O)[C@@H]3[C@@H]4C=C[C@H]([C@H]5C[C@@H]45)[C@@H]3C2=O)cc1Cl. The van der Waals surface area contributed by atoms with Crippen molar-refractivity contribution in [1.82, 2.24) is 4.90 Å². The van der Waals surface area contributed by atoms with E-state index in [2.05, 4.69) is 17.5 Å². The smallest absolute Gasteiger partial charge is 0.235 e. The number of carbonyl (C=O) groups excluding carboxylic acids is 2. The summed E-state index contributed by atoms with van der Waals surface area (Å²) in [6, 6.07) is 5.67. The normalized spacial score (nSPS) is 38.3. The molecule has 124 valence electrons. The minimum absolute atomic E-state index is 0.000378. The first-order chi connectivity index (χ1) is 11.6. The molecule has 1 aromatic carbocycles. The maximum Gasteiger partial charge on any atom is 0.235 e. The van der Waals surface area contributed by atoms with Crippen molar-refractivity contribution in [2.75, 3.05) is 12.0 Å². The van der Waals surface area contributed by atoms with Crippen LogP contribution in [0.25, 0.3) is 0 Å².